The molecule has 0 radical (unpaired) electrons. The summed E-state index contributed by atoms with van der Waals surface area (Å²) in [6.45, 7) is 2.89. The van der Waals surface area contributed by atoms with Gasteiger partial charge in [-0.2, -0.15) is 10.2 Å². The Balaban J connectivity index is 1.27. The largest absolute Gasteiger partial charge is 0.507 e. The maximum Gasteiger partial charge on any atom is 0.125 e. The molecule has 6 heteroatoms. The minimum absolute atomic E-state index is 0.227. The van der Waals surface area contributed by atoms with Crippen molar-refractivity contribution in [2.24, 2.45) is 10.2 Å². The lowest BCUT2D eigenvalue weighted by atomic mass is 10.0. The molecule has 0 atom stereocenters. The smallest absolute Gasteiger partial charge is 0.125 e. The Kier molecular flexibility index (Phi) is 5.34. The van der Waals surface area contributed by atoms with Gasteiger partial charge < -0.3 is 10.2 Å². The summed E-state index contributed by atoms with van der Waals surface area (Å²) >= 11 is 0. The Labute approximate surface area is 186 Å². The molecular weight excluding hydrogens is 400 g/mol. The van der Waals surface area contributed by atoms with E-state index in [0.29, 0.717) is 0 Å². The third-order valence-corrected chi connectivity index (χ3v) is 5.83. The second kappa shape index (κ2) is 8.59. The van der Waals surface area contributed by atoms with E-state index in [4.69, 9.17) is 0 Å². The lowest BCUT2D eigenvalue weighted by molar-refractivity contribution is 0.141. The van der Waals surface area contributed by atoms with Crippen molar-refractivity contribution in [3.05, 3.63) is 83.9 Å². The predicted molar refractivity (Wildman–Crippen MR) is 130 cm³/mol. The number of aromatic hydroxyl groups is 2. The molecule has 160 valence electrons. The highest BCUT2D eigenvalue weighted by atomic mass is 16.3. The summed E-state index contributed by atoms with van der Waals surface area (Å²) < 4.78 is 0. The van der Waals surface area contributed by atoms with Gasteiger partial charge in [0.05, 0.1) is 38.6 Å². The molecule has 0 bridgehead atoms. The number of phenolic OH excluding ortho intramolecular Hbond substituents is 2. The van der Waals surface area contributed by atoms with Gasteiger partial charge in [0.25, 0.3) is 0 Å². The fourth-order valence-electron chi connectivity index (χ4n) is 4.03. The summed E-state index contributed by atoms with van der Waals surface area (Å²) in [4.78, 5) is 0. The number of rotatable bonds is 4. The minimum atomic E-state index is 0.227. The van der Waals surface area contributed by atoms with Crippen LogP contribution in [-0.4, -0.2) is 58.8 Å². The lowest BCUT2D eigenvalue weighted by Gasteiger charge is -2.31. The van der Waals surface area contributed by atoms with Gasteiger partial charge in [0, 0.05) is 11.1 Å². The second-order valence-corrected chi connectivity index (χ2v) is 7.84. The van der Waals surface area contributed by atoms with Crippen LogP contribution >= 0.6 is 0 Å². The molecule has 6 nitrogen and oxygen atoms in total. The van der Waals surface area contributed by atoms with E-state index in [-0.39, 0.29) is 11.5 Å². The van der Waals surface area contributed by atoms with Crippen molar-refractivity contribution in [1.82, 2.24) is 10.0 Å². The minimum Gasteiger partial charge on any atom is -0.507 e. The highest BCUT2D eigenvalue weighted by Crippen LogP contribution is 2.26. The Bertz CT molecular complexity index is 1220. The lowest BCUT2D eigenvalue weighted by Crippen LogP contribution is -2.41. The fraction of sp³-hybridized carbons (Fsp3) is 0.154. The average molecular weight is 425 g/mol. The van der Waals surface area contributed by atoms with Gasteiger partial charge in [0.2, 0.25) is 0 Å². The van der Waals surface area contributed by atoms with Gasteiger partial charge in [-0.1, -0.05) is 60.7 Å². The Hall–Kier alpha value is -4.06. The molecular formula is C26H24N4O2. The van der Waals surface area contributed by atoms with Crippen LogP contribution < -0.4 is 0 Å². The Morgan fingerprint density at radius 3 is 1.41 bits per heavy atom. The van der Waals surface area contributed by atoms with Gasteiger partial charge in [-0.25, -0.2) is 0 Å². The zero-order valence-corrected chi connectivity index (χ0v) is 17.6. The van der Waals surface area contributed by atoms with E-state index in [1.54, 1.807) is 24.6 Å². The zero-order chi connectivity index (χ0) is 21.9. The number of hydrogen-bond acceptors (Lipinski definition) is 6. The van der Waals surface area contributed by atoms with Crippen molar-refractivity contribution in [2.75, 3.05) is 26.2 Å². The summed E-state index contributed by atoms with van der Waals surface area (Å²) in [5.41, 5.74) is 1.46. The first-order valence-electron chi connectivity index (χ1n) is 10.7. The third-order valence-electron chi connectivity index (χ3n) is 5.83. The summed E-state index contributed by atoms with van der Waals surface area (Å²) in [5.74, 6) is 0.455. The first-order chi connectivity index (χ1) is 15.7. The fourth-order valence-corrected chi connectivity index (χ4v) is 4.03. The molecule has 1 saturated heterocycles. The Morgan fingerprint density at radius 1 is 0.562 bits per heavy atom. The molecule has 2 N–H and O–H groups in total. The quantitative estimate of drug-likeness (QED) is 0.477. The van der Waals surface area contributed by atoms with Crippen molar-refractivity contribution < 1.29 is 10.2 Å². The van der Waals surface area contributed by atoms with E-state index < -0.39 is 0 Å². The van der Waals surface area contributed by atoms with Gasteiger partial charge in [-0.3, -0.25) is 10.0 Å². The van der Waals surface area contributed by atoms with Crippen LogP contribution in [0.25, 0.3) is 21.5 Å². The van der Waals surface area contributed by atoms with Gasteiger partial charge in [0.1, 0.15) is 11.5 Å². The monoisotopic (exact) mass is 424 g/mol. The SMILES string of the molecule is Oc1ccc2ccccc2c1C=NN1CCN(N=Cc2c(O)ccc3ccccc23)CC1. The average Bonchev–Trinajstić information content (AvgIpc) is 2.83. The standard InChI is InChI=1S/C26H24N4O2/c31-25-11-9-19-5-1-3-7-21(19)23(25)17-27-29-13-15-30(16-14-29)28-18-24-22-8-4-2-6-20(22)10-12-26(24)32/h1-12,17-18,31-32H,13-16H2. The van der Waals surface area contributed by atoms with Crippen molar-refractivity contribution >= 4 is 34.0 Å². The molecule has 0 spiro atoms. The first-order valence-corrected chi connectivity index (χ1v) is 10.7. The highest BCUT2D eigenvalue weighted by molar-refractivity contribution is 6.03. The topological polar surface area (TPSA) is 71.7 Å². The Morgan fingerprint density at radius 2 is 0.969 bits per heavy atom. The molecule has 0 aromatic heterocycles. The molecule has 1 aliphatic heterocycles. The molecule has 32 heavy (non-hydrogen) atoms. The summed E-state index contributed by atoms with van der Waals surface area (Å²) in [5, 5.41) is 37.9. The zero-order valence-electron chi connectivity index (χ0n) is 17.6. The van der Waals surface area contributed by atoms with Crippen molar-refractivity contribution in [1.29, 1.82) is 0 Å². The van der Waals surface area contributed by atoms with E-state index in [9.17, 15) is 10.2 Å². The van der Waals surface area contributed by atoms with E-state index in [0.717, 1.165) is 58.9 Å². The van der Waals surface area contributed by atoms with Crippen molar-refractivity contribution in [3.8, 4) is 11.5 Å². The van der Waals surface area contributed by atoms with Crippen LogP contribution in [0.15, 0.2) is 83.0 Å². The first kappa shape index (κ1) is 19.9. The van der Waals surface area contributed by atoms with Gasteiger partial charge in [0.15, 0.2) is 0 Å². The summed E-state index contributed by atoms with van der Waals surface area (Å²) in [6, 6.07) is 23.2. The van der Waals surface area contributed by atoms with Gasteiger partial charge in [-0.05, 0) is 33.7 Å². The van der Waals surface area contributed by atoms with Crippen LogP contribution in [0.3, 0.4) is 0 Å². The van der Waals surface area contributed by atoms with Crippen LogP contribution in [0.1, 0.15) is 11.1 Å². The van der Waals surface area contributed by atoms with Crippen molar-refractivity contribution in [3.63, 3.8) is 0 Å². The number of hydrazone groups is 2. The number of benzene rings is 4. The number of nitrogens with zero attached hydrogens (tertiary/aromatic N) is 4. The van der Waals surface area contributed by atoms with E-state index >= 15 is 0 Å². The molecule has 5 rings (SSSR count). The van der Waals surface area contributed by atoms with Gasteiger partial charge >= 0.3 is 0 Å². The number of fused-ring (bicyclic) bond motifs is 2. The van der Waals surface area contributed by atoms with E-state index in [1.807, 2.05) is 70.7 Å². The van der Waals surface area contributed by atoms with Crippen LogP contribution in [0, 0.1) is 0 Å². The maximum absolute atomic E-state index is 10.3. The maximum atomic E-state index is 10.3. The molecule has 1 fully saturated rings. The molecule has 0 unspecified atom stereocenters. The van der Waals surface area contributed by atoms with Crippen LogP contribution in [0.2, 0.25) is 0 Å². The summed E-state index contributed by atoms with van der Waals surface area (Å²) in [7, 11) is 0. The van der Waals surface area contributed by atoms with Crippen LogP contribution in [0.4, 0.5) is 0 Å². The number of hydrogen-bond donors (Lipinski definition) is 2. The van der Waals surface area contributed by atoms with Crippen LogP contribution in [-0.2, 0) is 0 Å². The summed E-state index contributed by atoms with van der Waals surface area (Å²) in [6.07, 6.45) is 3.48. The molecule has 0 aliphatic carbocycles. The normalized spacial score (nSPS) is 14.9. The van der Waals surface area contributed by atoms with Gasteiger partial charge in [-0.15, -0.1) is 0 Å². The van der Waals surface area contributed by atoms with E-state index in [2.05, 4.69) is 10.2 Å². The molecule has 1 heterocycles. The van der Waals surface area contributed by atoms with Crippen molar-refractivity contribution in [2.45, 2.75) is 0 Å². The third kappa shape index (κ3) is 3.95. The second-order valence-electron chi connectivity index (χ2n) is 7.84. The molecule has 4 aromatic rings. The number of piperazine rings is 1. The highest BCUT2D eigenvalue weighted by Gasteiger charge is 2.14. The molecule has 0 saturated carbocycles. The van der Waals surface area contributed by atoms with E-state index in [1.165, 1.54) is 0 Å². The molecule has 1 aliphatic rings. The van der Waals surface area contributed by atoms with Crippen LogP contribution in [0.5, 0.6) is 11.5 Å². The molecule has 0 amide bonds. The molecule has 4 aromatic carbocycles. The number of phenols is 2. The predicted octanol–water partition coefficient (Wildman–Crippen LogP) is 4.39.